The van der Waals surface area contributed by atoms with Crippen LogP contribution < -0.4 is 4.90 Å². The lowest BCUT2D eigenvalue weighted by Crippen LogP contribution is -2.25. The Labute approximate surface area is 339 Å². The van der Waals surface area contributed by atoms with Crippen LogP contribution in [0.3, 0.4) is 0 Å². The highest BCUT2D eigenvalue weighted by Gasteiger charge is 2.42. The fraction of sp³-hybridized carbons (Fsp3) is 0.455. The van der Waals surface area contributed by atoms with E-state index in [0.29, 0.717) is 17.8 Å². The van der Waals surface area contributed by atoms with Gasteiger partial charge in [-0.3, -0.25) is 0 Å². The van der Waals surface area contributed by atoms with E-state index in [1.165, 1.54) is 172 Å². The molecular weight excluding hydrogens is 675 g/mol. The topological polar surface area (TPSA) is 3.24 Å². The molecule has 4 aliphatic rings. The predicted octanol–water partition coefficient (Wildman–Crippen LogP) is 16.8. The summed E-state index contributed by atoms with van der Waals surface area (Å²) in [6.45, 7) is 4.76. The van der Waals surface area contributed by atoms with Crippen molar-refractivity contribution in [3.8, 4) is 22.3 Å². The molecule has 0 aliphatic heterocycles. The number of hydrogen-bond donors (Lipinski definition) is 0. The van der Waals surface area contributed by atoms with Gasteiger partial charge < -0.3 is 4.90 Å². The first-order valence-corrected chi connectivity index (χ1v) is 23.0. The van der Waals surface area contributed by atoms with Crippen LogP contribution in [0.2, 0.25) is 0 Å². The summed E-state index contributed by atoms with van der Waals surface area (Å²) in [6.07, 6.45) is 25.1. The normalized spacial score (nSPS) is 18.8. The van der Waals surface area contributed by atoms with E-state index in [1.54, 1.807) is 16.7 Å². The van der Waals surface area contributed by atoms with Crippen LogP contribution in [0.1, 0.15) is 181 Å². The van der Waals surface area contributed by atoms with Crippen LogP contribution in [0, 0.1) is 0 Å². The summed E-state index contributed by atoms with van der Waals surface area (Å²) in [5.41, 5.74) is 17.3. The summed E-state index contributed by atoms with van der Waals surface area (Å²) in [5.74, 6) is 2.05. The van der Waals surface area contributed by atoms with Crippen LogP contribution in [0.25, 0.3) is 22.3 Å². The van der Waals surface area contributed by atoms with Crippen molar-refractivity contribution in [2.45, 2.75) is 159 Å². The maximum atomic E-state index is 2.66. The Hall–Kier alpha value is -4.10. The third kappa shape index (κ3) is 7.29. The zero-order chi connectivity index (χ0) is 37.9. The molecule has 1 heteroatoms. The Bertz CT molecular complexity index is 2040. The fourth-order valence-corrected chi connectivity index (χ4v) is 11.9. The van der Waals surface area contributed by atoms with Crippen LogP contribution in [-0.4, -0.2) is 0 Å². The number of benzene rings is 5. The Morgan fingerprint density at radius 1 is 0.429 bits per heavy atom. The predicted molar refractivity (Wildman–Crippen MR) is 240 cm³/mol. The van der Waals surface area contributed by atoms with Gasteiger partial charge in [0.25, 0.3) is 0 Å². The molecule has 5 aromatic carbocycles. The third-order valence-electron chi connectivity index (χ3n) is 14.7. The summed E-state index contributed by atoms with van der Waals surface area (Å²) in [4.78, 5) is 2.65. The zero-order valence-corrected chi connectivity index (χ0v) is 34.5. The van der Waals surface area contributed by atoms with Crippen LogP contribution >= 0.6 is 0 Å². The van der Waals surface area contributed by atoms with Crippen molar-refractivity contribution in [3.63, 3.8) is 0 Å². The number of hydrogen-bond acceptors (Lipinski definition) is 1. The smallest absolute Gasteiger partial charge is 0.0467 e. The van der Waals surface area contributed by atoms with Crippen LogP contribution in [-0.2, 0) is 5.41 Å². The average molecular weight is 740 g/mol. The molecule has 5 aromatic rings. The minimum absolute atomic E-state index is 0.0571. The molecular formula is C55H65N. The van der Waals surface area contributed by atoms with Gasteiger partial charge in [0.1, 0.15) is 0 Å². The minimum atomic E-state index is 0.0571. The maximum Gasteiger partial charge on any atom is 0.0467 e. The molecule has 0 unspecified atom stereocenters. The molecule has 0 heterocycles. The van der Waals surface area contributed by atoms with Gasteiger partial charge in [0.05, 0.1) is 0 Å². The van der Waals surface area contributed by atoms with Crippen molar-refractivity contribution in [2.24, 2.45) is 0 Å². The molecule has 4 aliphatic carbocycles. The van der Waals surface area contributed by atoms with Crippen molar-refractivity contribution in [3.05, 3.63) is 137 Å². The van der Waals surface area contributed by atoms with Crippen molar-refractivity contribution < 1.29 is 0 Å². The Morgan fingerprint density at radius 2 is 0.982 bits per heavy atom. The van der Waals surface area contributed by atoms with Gasteiger partial charge in [-0.2, -0.15) is 0 Å². The highest BCUT2D eigenvalue weighted by molar-refractivity contribution is 5.86. The van der Waals surface area contributed by atoms with E-state index in [-0.39, 0.29) is 5.41 Å². The Kier molecular flexibility index (Phi) is 11.2. The number of fused-ring (bicyclic) bond motifs is 3. The molecule has 3 fully saturated rings. The molecule has 0 amide bonds. The second kappa shape index (κ2) is 16.8. The van der Waals surface area contributed by atoms with Gasteiger partial charge in [0, 0.05) is 22.5 Å². The molecule has 0 aromatic heterocycles. The zero-order valence-electron chi connectivity index (χ0n) is 34.5. The van der Waals surface area contributed by atoms with Gasteiger partial charge in [-0.1, -0.05) is 157 Å². The van der Waals surface area contributed by atoms with E-state index in [1.807, 2.05) is 0 Å². The lowest BCUT2D eigenvalue weighted by atomic mass is 9.71. The fourth-order valence-electron chi connectivity index (χ4n) is 11.9. The number of rotatable bonds is 11. The standard InChI is InChI=1S/C55H65N/c1-3-33-55(34-4-2)53-26-15-14-25-51(53)52-32-31-49(39-54(52)55)56(48-29-27-43(28-30-48)45-24-16-23-44(35-45)40-17-8-5-9-18-40)50-37-46(41-19-10-6-11-20-41)36-47(38-50)42-21-12-7-13-22-42/h14-16,23-32,35-42H,3-13,17-22,33-34H2,1-2H3. The van der Waals surface area contributed by atoms with E-state index in [0.717, 1.165) is 0 Å². The highest BCUT2D eigenvalue weighted by atomic mass is 15.1. The van der Waals surface area contributed by atoms with E-state index < -0.39 is 0 Å². The number of anilines is 3. The van der Waals surface area contributed by atoms with E-state index in [4.69, 9.17) is 0 Å². The van der Waals surface area contributed by atoms with Crippen molar-refractivity contribution in [1.82, 2.24) is 0 Å². The second-order valence-electron chi connectivity index (χ2n) is 18.2. The van der Waals surface area contributed by atoms with Crippen molar-refractivity contribution >= 4 is 17.1 Å². The first-order valence-electron chi connectivity index (χ1n) is 23.0. The molecule has 0 atom stereocenters. The SMILES string of the molecule is CCCC1(CCC)c2ccccc2-c2ccc(N(c3ccc(-c4cccc(C5CCCCC5)c4)cc3)c3cc(C4CCCCC4)cc(C4CCCCC4)c3)cc21. The molecule has 0 bridgehead atoms. The molecule has 290 valence electrons. The first kappa shape index (κ1) is 37.5. The van der Waals surface area contributed by atoms with Gasteiger partial charge in [0.2, 0.25) is 0 Å². The molecule has 0 N–H and O–H groups in total. The summed E-state index contributed by atoms with van der Waals surface area (Å²) >= 11 is 0. The van der Waals surface area contributed by atoms with Gasteiger partial charge in [0.15, 0.2) is 0 Å². The van der Waals surface area contributed by atoms with Gasteiger partial charge >= 0.3 is 0 Å². The largest absolute Gasteiger partial charge is 0.310 e. The maximum absolute atomic E-state index is 2.66. The molecule has 9 rings (SSSR count). The Morgan fingerprint density at radius 3 is 1.59 bits per heavy atom. The monoisotopic (exact) mass is 740 g/mol. The van der Waals surface area contributed by atoms with E-state index in [9.17, 15) is 0 Å². The van der Waals surface area contributed by atoms with Crippen LogP contribution in [0.5, 0.6) is 0 Å². The molecule has 1 nitrogen and oxygen atoms in total. The van der Waals surface area contributed by atoms with E-state index in [2.05, 4.69) is 128 Å². The Balaban J connectivity index is 1.18. The summed E-state index contributed by atoms with van der Waals surface area (Å²) < 4.78 is 0. The average Bonchev–Trinajstić information content (AvgIpc) is 3.53. The summed E-state index contributed by atoms with van der Waals surface area (Å²) in [5, 5.41) is 0. The molecule has 56 heavy (non-hydrogen) atoms. The summed E-state index contributed by atoms with van der Waals surface area (Å²) in [6, 6.07) is 43.9. The quantitative estimate of drug-likeness (QED) is 0.130. The number of nitrogens with zero attached hydrogens (tertiary/aromatic N) is 1. The molecule has 3 saturated carbocycles. The van der Waals surface area contributed by atoms with Crippen LogP contribution in [0.15, 0.2) is 109 Å². The summed E-state index contributed by atoms with van der Waals surface area (Å²) in [7, 11) is 0. The molecule has 0 spiro atoms. The van der Waals surface area contributed by atoms with Gasteiger partial charge in [-0.25, -0.2) is 0 Å². The lowest BCUT2D eigenvalue weighted by molar-refractivity contribution is 0.435. The lowest BCUT2D eigenvalue weighted by Gasteiger charge is -2.34. The third-order valence-corrected chi connectivity index (χ3v) is 14.7. The first-order chi connectivity index (χ1) is 27.6. The van der Waals surface area contributed by atoms with E-state index >= 15 is 0 Å². The van der Waals surface area contributed by atoms with Crippen LogP contribution in [0.4, 0.5) is 17.1 Å². The van der Waals surface area contributed by atoms with Crippen molar-refractivity contribution in [2.75, 3.05) is 4.90 Å². The minimum Gasteiger partial charge on any atom is -0.310 e. The molecule has 0 radical (unpaired) electrons. The second-order valence-corrected chi connectivity index (χ2v) is 18.2. The molecule has 0 saturated heterocycles. The van der Waals surface area contributed by atoms with Gasteiger partial charge in [-0.05, 0) is 156 Å². The van der Waals surface area contributed by atoms with Gasteiger partial charge in [-0.15, -0.1) is 0 Å². The highest BCUT2D eigenvalue weighted by Crippen LogP contribution is 2.55. The van der Waals surface area contributed by atoms with Crippen molar-refractivity contribution in [1.29, 1.82) is 0 Å².